The van der Waals surface area contributed by atoms with Crippen LogP contribution in [0.1, 0.15) is 26.2 Å². The molecule has 1 aliphatic heterocycles. The Labute approximate surface area is 98.5 Å². The summed E-state index contributed by atoms with van der Waals surface area (Å²) in [4.78, 5) is 16.0. The molecule has 0 N–H and O–H groups in total. The molecular weight excluding hydrogens is 204 g/mol. The van der Waals surface area contributed by atoms with E-state index in [-0.39, 0.29) is 12.5 Å². The Morgan fingerprint density at radius 1 is 1.44 bits per heavy atom. The van der Waals surface area contributed by atoms with Crippen LogP contribution >= 0.6 is 0 Å². The number of carbonyl (C=O) groups is 1. The Bertz CT molecular complexity index is 213. The van der Waals surface area contributed by atoms with Crippen LogP contribution in [0.5, 0.6) is 0 Å². The van der Waals surface area contributed by atoms with E-state index in [1.165, 1.54) is 13.0 Å². The summed E-state index contributed by atoms with van der Waals surface area (Å²) in [6, 6.07) is 0.399. The SMILES string of the molecule is CCCN1CCC(N(C)C(=O)COC)CC1. The summed E-state index contributed by atoms with van der Waals surface area (Å²) in [5, 5.41) is 0. The lowest BCUT2D eigenvalue weighted by Gasteiger charge is -2.36. The van der Waals surface area contributed by atoms with Crippen LogP contribution in [0.4, 0.5) is 0 Å². The van der Waals surface area contributed by atoms with Gasteiger partial charge in [0.1, 0.15) is 6.61 Å². The summed E-state index contributed by atoms with van der Waals surface area (Å²) in [6.07, 6.45) is 3.39. The van der Waals surface area contributed by atoms with Gasteiger partial charge in [-0.2, -0.15) is 0 Å². The van der Waals surface area contributed by atoms with Crippen molar-refractivity contribution in [2.75, 3.05) is 40.4 Å². The van der Waals surface area contributed by atoms with Crippen LogP contribution in [0.3, 0.4) is 0 Å². The number of ether oxygens (including phenoxy) is 1. The van der Waals surface area contributed by atoms with E-state index < -0.39 is 0 Å². The number of hydrogen-bond donors (Lipinski definition) is 0. The monoisotopic (exact) mass is 228 g/mol. The molecule has 0 saturated carbocycles. The van der Waals surface area contributed by atoms with Crippen molar-refractivity contribution in [1.82, 2.24) is 9.80 Å². The van der Waals surface area contributed by atoms with Gasteiger partial charge in [-0.25, -0.2) is 0 Å². The molecule has 0 unspecified atom stereocenters. The van der Waals surface area contributed by atoms with Crippen molar-refractivity contribution >= 4 is 5.91 Å². The summed E-state index contributed by atoms with van der Waals surface area (Å²) in [7, 11) is 3.46. The van der Waals surface area contributed by atoms with Gasteiger partial charge in [-0.05, 0) is 25.8 Å². The van der Waals surface area contributed by atoms with Gasteiger partial charge in [0.05, 0.1) is 0 Å². The van der Waals surface area contributed by atoms with Gasteiger partial charge in [0.15, 0.2) is 0 Å². The zero-order chi connectivity index (χ0) is 12.0. The highest BCUT2D eigenvalue weighted by molar-refractivity contribution is 5.77. The van der Waals surface area contributed by atoms with Gasteiger partial charge < -0.3 is 14.5 Å². The summed E-state index contributed by atoms with van der Waals surface area (Å²) in [5.41, 5.74) is 0. The van der Waals surface area contributed by atoms with Crippen LogP contribution < -0.4 is 0 Å². The van der Waals surface area contributed by atoms with Crippen LogP contribution in [-0.2, 0) is 9.53 Å². The van der Waals surface area contributed by atoms with Crippen molar-refractivity contribution in [1.29, 1.82) is 0 Å². The number of methoxy groups -OCH3 is 1. The van der Waals surface area contributed by atoms with Crippen LogP contribution in [0.2, 0.25) is 0 Å². The molecule has 94 valence electrons. The molecule has 0 spiro atoms. The maximum atomic E-state index is 11.6. The Morgan fingerprint density at radius 2 is 2.06 bits per heavy atom. The second-order valence-corrected chi connectivity index (χ2v) is 4.51. The minimum atomic E-state index is 0.0939. The van der Waals surface area contributed by atoms with Gasteiger partial charge in [0.2, 0.25) is 5.91 Å². The molecule has 0 atom stereocenters. The fourth-order valence-electron chi connectivity index (χ4n) is 2.28. The molecule has 1 aliphatic rings. The highest BCUT2D eigenvalue weighted by Gasteiger charge is 2.24. The highest BCUT2D eigenvalue weighted by Crippen LogP contribution is 2.15. The van der Waals surface area contributed by atoms with E-state index in [0.717, 1.165) is 25.9 Å². The third-order valence-electron chi connectivity index (χ3n) is 3.31. The van der Waals surface area contributed by atoms with E-state index in [4.69, 9.17) is 4.74 Å². The molecular formula is C12H24N2O2. The van der Waals surface area contributed by atoms with Gasteiger partial charge in [-0.1, -0.05) is 6.92 Å². The predicted octanol–water partition coefficient (Wildman–Crippen LogP) is 0.966. The van der Waals surface area contributed by atoms with E-state index in [1.807, 2.05) is 11.9 Å². The van der Waals surface area contributed by atoms with Crippen LogP contribution in [0.15, 0.2) is 0 Å². The Hall–Kier alpha value is -0.610. The summed E-state index contributed by atoms with van der Waals surface area (Å²) in [5.74, 6) is 0.0939. The van der Waals surface area contributed by atoms with Crippen molar-refractivity contribution < 1.29 is 9.53 Å². The van der Waals surface area contributed by atoms with Gasteiger partial charge in [0, 0.05) is 33.3 Å². The molecule has 0 aromatic carbocycles. The van der Waals surface area contributed by atoms with Crippen molar-refractivity contribution in [2.45, 2.75) is 32.2 Å². The number of likely N-dealkylation sites (tertiary alicyclic amines) is 1. The van der Waals surface area contributed by atoms with Crippen LogP contribution in [-0.4, -0.2) is 62.1 Å². The van der Waals surface area contributed by atoms with E-state index in [2.05, 4.69) is 11.8 Å². The average Bonchev–Trinajstić information content (AvgIpc) is 2.30. The fraction of sp³-hybridized carbons (Fsp3) is 0.917. The molecule has 0 aromatic rings. The van der Waals surface area contributed by atoms with Crippen LogP contribution in [0.25, 0.3) is 0 Å². The van der Waals surface area contributed by atoms with Crippen molar-refractivity contribution in [3.8, 4) is 0 Å². The largest absolute Gasteiger partial charge is 0.375 e. The molecule has 1 rings (SSSR count). The second kappa shape index (κ2) is 6.86. The molecule has 4 nitrogen and oxygen atoms in total. The molecule has 0 aromatic heterocycles. The van der Waals surface area contributed by atoms with Gasteiger partial charge in [0.25, 0.3) is 0 Å². The Morgan fingerprint density at radius 3 is 2.56 bits per heavy atom. The number of piperidine rings is 1. The first-order valence-corrected chi connectivity index (χ1v) is 6.16. The second-order valence-electron chi connectivity index (χ2n) is 4.51. The van der Waals surface area contributed by atoms with Crippen molar-refractivity contribution in [2.24, 2.45) is 0 Å². The predicted molar refractivity (Wildman–Crippen MR) is 64.4 cm³/mol. The molecule has 4 heteroatoms. The smallest absolute Gasteiger partial charge is 0.248 e. The minimum absolute atomic E-state index is 0.0939. The van der Waals surface area contributed by atoms with E-state index >= 15 is 0 Å². The lowest BCUT2D eigenvalue weighted by molar-refractivity contribution is -0.136. The standard InChI is InChI=1S/C12H24N2O2/c1-4-7-14-8-5-11(6-9-14)13(2)12(15)10-16-3/h11H,4-10H2,1-3H3. The third-order valence-corrected chi connectivity index (χ3v) is 3.31. The van der Waals surface area contributed by atoms with Gasteiger partial charge in [-0.15, -0.1) is 0 Å². The van der Waals surface area contributed by atoms with E-state index in [1.54, 1.807) is 7.11 Å². The molecule has 1 saturated heterocycles. The first kappa shape index (κ1) is 13.5. The quantitative estimate of drug-likeness (QED) is 0.703. The number of rotatable bonds is 5. The summed E-state index contributed by atoms with van der Waals surface area (Å²) in [6.45, 7) is 5.82. The zero-order valence-corrected chi connectivity index (χ0v) is 10.7. The van der Waals surface area contributed by atoms with Crippen LogP contribution in [0, 0.1) is 0 Å². The molecule has 1 amide bonds. The maximum absolute atomic E-state index is 11.6. The molecule has 1 fully saturated rings. The number of carbonyl (C=O) groups excluding carboxylic acids is 1. The van der Waals surface area contributed by atoms with Crippen molar-refractivity contribution in [3.63, 3.8) is 0 Å². The van der Waals surface area contributed by atoms with E-state index in [9.17, 15) is 4.79 Å². The van der Waals surface area contributed by atoms with Crippen molar-refractivity contribution in [3.05, 3.63) is 0 Å². The molecule has 0 radical (unpaired) electrons. The zero-order valence-electron chi connectivity index (χ0n) is 10.7. The number of likely N-dealkylation sites (N-methyl/N-ethyl adjacent to an activating group) is 1. The van der Waals surface area contributed by atoms with E-state index in [0.29, 0.717) is 6.04 Å². The van der Waals surface area contributed by atoms with Gasteiger partial charge in [-0.3, -0.25) is 4.79 Å². The number of hydrogen-bond acceptors (Lipinski definition) is 3. The third kappa shape index (κ3) is 3.76. The Kier molecular flexibility index (Phi) is 5.77. The average molecular weight is 228 g/mol. The Balaban J connectivity index is 2.32. The number of amides is 1. The fourth-order valence-corrected chi connectivity index (χ4v) is 2.28. The molecule has 0 bridgehead atoms. The lowest BCUT2D eigenvalue weighted by atomic mass is 10.0. The first-order valence-electron chi connectivity index (χ1n) is 6.16. The normalized spacial score (nSPS) is 18.7. The highest BCUT2D eigenvalue weighted by atomic mass is 16.5. The minimum Gasteiger partial charge on any atom is -0.375 e. The summed E-state index contributed by atoms with van der Waals surface area (Å²) < 4.78 is 4.87. The lowest BCUT2D eigenvalue weighted by Crippen LogP contribution is -2.46. The first-order chi connectivity index (χ1) is 7.69. The summed E-state index contributed by atoms with van der Waals surface area (Å²) >= 11 is 0. The van der Waals surface area contributed by atoms with Gasteiger partial charge >= 0.3 is 0 Å². The molecule has 16 heavy (non-hydrogen) atoms. The maximum Gasteiger partial charge on any atom is 0.248 e. The number of nitrogens with zero attached hydrogens (tertiary/aromatic N) is 2. The molecule has 0 aliphatic carbocycles. The topological polar surface area (TPSA) is 32.8 Å². The molecule has 1 heterocycles.